The number of carbonyl (C=O) groups is 1. The van der Waals surface area contributed by atoms with E-state index in [2.05, 4.69) is 27.2 Å². The van der Waals surface area contributed by atoms with Crippen molar-refractivity contribution in [2.24, 2.45) is 0 Å². The number of amides is 1. The minimum Gasteiger partial charge on any atom is -0.368 e. The molecule has 0 unspecified atom stereocenters. The molecule has 0 saturated heterocycles. The molecule has 1 rings (SSSR count). The summed E-state index contributed by atoms with van der Waals surface area (Å²) in [6, 6.07) is 0. The van der Waals surface area contributed by atoms with Crippen LogP contribution in [-0.2, 0) is 4.79 Å². The molecule has 0 atom stereocenters. The smallest absolute Gasteiger partial charge is 0.236 e. The van der Waals surface area contributed by atoms with Crippen molar-refractivity contribution < 1.29 is 4.79 Å². The minimum absolute atomic E-state index is 0.00905. The molecule has 28 heavy (non-hydrogen) atoms. The SMILES string of the molecule is CCCCCCCCCCCCCCCCCC(=O)Nc1nc(N)nc(N)n1. The number of nitrogens with one attached hydrogen (secondary N) is 1. The van der Waals surface area contributed by atoms with E-state index in [1.165, 1.54) is 83.5 Å². The second-order valence-corrected chi connectivity index (χ2v) is 7.62. The molecule has 7 heteroatoms. The number of hydrogen-bond acceptors (Lipinski definition) is 6. The van der Waals surface area contributed by atoms with E-state index in [1.807, 2.05) is 0 Å². The van der Waals surface area contributed by atoms with Crippen LogP contribution in [0.25, 0.3) is 0 Å². The highest BCUT2D eigenvalue weighted by atomic mass is 16.1. The summed E-state index contributed by atoms with van der Waals surface area (Å²) < 4.78 is 0. The highest BCUT2D eigenvalue weighted by Crippen LogP contribution is 2.14. The first kappa shape index (κ1) is 24.1. The monoisotopic (exact) mass is 392 g/mol. The van der Waals surface area contributed by atoms with Crippen LogP contribution in [0, 0.1) is 0 Å². The molecule has 0 aliphatic rings. The molecule has 0 radical (unpaired) electrons. The van der Waals surface area contributed by atoms with Gasteiger partial charge in [-0.1, -0.05) is 96.8 Å². The van der Waals surface area contributed by atoms with Gasteiger partial charge in [0.05, 0.1) is 0 Å². The van der Waals surface area contributed by atoms with Crippen molar-refractivity contribution in [1.82, 2.24) is 15.0 Å². The van der Waals surface area contributed by atoms with Gasteiger partial charge < -0.3 is 11.5 Å². The summed E-state index contributed by atoms with van der Waals surface area (Å²) in [7, 11) is 0. The summed E-state index contributed by atoms with van der Waals surface area (Å²) in [5, 5.41) is 2.61. The molecular formula is C21H40N6O. The summed E-state index contributed by atoms with van der Waals surface area (Å²) >= 11 is 0. The van der Waals surface area contributed by atoms with E-state index < -0.39 is 0 Å². The number of nitrogen functional groups attached to an aromatic ring is 2. The molecule has 0 aliphatic carbocycles. The highest BCUT2D eigenvalue weighted by molar-refractivity contribution is 5.89. The van der Waals surface area contributed by atoms with E-state index in [0.29, 0.717) is 6.42 Å². The maximum absolute atomic E-state index is 11.9. The Labute approximate surface area is 170 Å². The Bertz CT molecular complexity index is 517. The predicted molar refractivity (Wildman–Crippen MR) is 117 cm³/mol. The van der Waals surface area contributed by atoms with E-state index in [4.69, 9.17) is 11.5 Å². The molecular weight excluding hydrogens is 352 g/mol. The minimum atomic E-state index is -0.111. The number of hydrogen-bond donors (Lipinski definition) is 3. The molecule has 0 spiro atoms. The number of nitrogens with zero attached hydrogens (tertiary/aromatic N) is 3. The van der Waals surface area contributed by atoms with E-state index in [0.717, 1.165) is 12.8 Å². The van der Waals surface area contributed by atoms with Crippen molar-refractivity contribution in [2.45, 2.75) is 110 Å². The summed E-state index contributed by atoms with van der Waals surface area (Å²) in [6.45, 7) is 2.27. The number of anilines is 3. The second-order valence-electron chi connectivity index (χ2n) is 7.62. The largest absolute Gasteiger partial charge is 0.368 e. The fourth-order valence-electron chi connectivity index (χ4n) is 3.31. The molecule has 0 bridgehead atoms. The maximum atomic E-state index is 11.9. The van der Waals surface area contributed by atoms with Crippen LogP contribution in [0.1, 0.15) is 110 Å². The van der Waals surface area contributed by atoms with Crippen molar-refractivity contribution in [3.8, 4) is 0 Å². The molecule has 1 heterocycles. The van der Waals surface area contributed by atoms with Gasteiger partial charge in [0, 0.05) is 6.42 Å². The van der Waals surface area contributed by atoms with Gasteiger partial charge >= 0.3 is 0 Å². The maximum Gasteiger partial charge on any atom is 0.236 e. The van der Waals surface area contributed by atoms with Crippen molar-refractivity contribution >= 4 is 23.8 Å². The lowest BCUT2D eigenvalue weighted by Gasteiger charge is -2.05. The molecule has 0 fully saturated rings. The van der Waals surface area contributed by atoms with Crippen LogP contribution in [0.2, 0.25) is 0 Å². The van der Waals surface area contributed by atoms with E-state index in [9.17, 15) is 4.79 Å². The van der Waals surface area contributed by atoms with Crippen LogP contribution in [-0.4, -0.2) is 20.9 Å². The van der Waals surface area contributed by atoms with Crippen molar-refractivity contribution in [3.05, 3.63) is 0 Å². The zero-order valence-electron chi connectivity index (χ0n) is 17.7. The molecule has 5 N–H and O–H groups in total. The average Bonchev–Trinajstić information content (AvgIpc) is 2.64. The highest BCUT2D eigenvalue weighted by Gasteiger charge is 2.06. The average molecular weight is 393 g/mol. The number of nitrogens with two attached hydrogens (primary N) is 2. The standard InChI is InChI=1S/C21H40N6O/c1-2-3-4-5-6-7-8-9-10-11-12-13-14-15-16-17-18(28)24-21-26-19(22)25-20(23)27-21/h2-17H2,1H3,(H5,22,23,24,25,26,27,28). The zero-order chi connectivity index (χ0) is 20.5. The van der Waals surface area contributed by atoms with Crippen molar-refractivity contribution in [1.29, 1.82) is 0 Å². The van der Waals surface area contributed by atoms with Crippen LogP contribution >= 0.6 is 0 Å². The number of rotatable bonds is 17. The molecule has 0 aromatic carbocycles. The molecule has 0 saturated carbocycles. The first-order chi connectivity index (χ1) is 13.6. The van der Waals surface area contributed by atoms with Gasteiger partial charge in [0.25, 0.3) is 0 Å². The third-order valence-electron chi connectivity index (χ3n) is 4.93. The van der Waals surface area contributed by atoms with Crippen LogP contribution < -0.4 is 16.8 Å². The third kappa shape index (κ3) is 13.3. The zero-order valence-corrected chi connectivity index (χ0v) is 17.7. The summed E-state index contributed by atoms with van der Waals surface area (Å²) in [5.74, 6) is 0.0280. The first-order valence-corrected chi connectivity index (χ1v) is 11.2. The Balaban J connectivity index is 1.86. The summed E-state index contributed by atoms with van der Waals surface area (Å²) in [4.78, 5) is 23.2. The molecule has 160 valence electrons. The molecule has 1 aromatic heterocycles. The number of unbranched alkanes of at least 4 members (excludes halogenated alkanes) is 14. The van der Waals surface area contributed by atoms with Gasteiger partial charge in [-0.3, -0.25) is 10.1 Å². The second kappa shape index (κ2) is 16.1. The third-order valence-corrected chi connectivity index (χ3v) is 4.93. The topological polar surface area (TPSA) is 120 Å². The van der Waals surface area contributed by atoms with Crippen molar-refractivity contribution in [2.75, 3.05) is 16.8 Å². The van der Waals surface area contributed by atoms with E-state index in [-0.39, 0.29) is 23.8 Å². The van der Waals surface area contributed by atoms with Gasteiger partial charge in [-0.15, -0.1) is 0 Å². The first-order valence-electron chi connectivity index (χ1n) is 11.2. The molecule has 0 aliphatic heterocycles. The van der Waals surface area contributed by atoms with Crippen LogP contribution in [0.5, 0.6) is 0 Å². The van der Waals surface area contributed by atoms with Gasteiger partial charge in [-0.2, -0.15) is 15.0 Å². The predicted octanol–water partition coefficient (Wildman–Crippen LogP) is 5.24. The molecule has 7 nitrogen and oxygen atoms in total. The summed E-state index contributed by atoms with van der Waals surface area (Å²) in [6.07, 6.45) is 20.1. The van der Waals surface area contributed by atoms with Crippen LogP contribution in [0.4, 0.5) is 17.8 Å². The quantitative estimate of drug-likeness (QED) is 0.312. The summed E-state index contributed by atoms with van der Waals surface area (Å²) in [5.41, 5.74) is 11.0. The molecule has 1 amide bonds. The van der Waals surface area contributed by atoms with Crippen LogP contribution in [0.15, 0.2) is 0 Å². The Kier molecular flexibility index (Phi) is 13.8. The fourth-order valence-corrected chi connectivity index (χ4v) is 3.31. The molecule has 1 aromatic rings. The number of carbonyl (C=O) groups excluding carboxylic acids is 1. The normalized spacial score (nSPS) is 10.9. The van der Waals surface area contributed by atoms with E-state index >= 15 is 0 Å². The Morgan fingerprint density at radius 2 is 1.07 bits per heavy atom. The Hall–Kier alpha value is -1.92. The fraction of sp³-hybridized carbons (Fsp3) is 0.810. The van der Waals surface area contributed by atoms with Gasteiger partial charge in [0.1, 0.15) is 0 Å². The van der Waals surface area contributed by atoms with Gasteiger partial charge in [0.2, 0.25) is 23.8 Å². The van der Waals surface area contributed by atoms with Gasteiger partial charge in [-0.25, -0.2) is 0 Å². The van der Waals surface area contributed by atoms with Crippen LogP contribution in [0.3, 0.4) is 0 Å². The Morgan fingerprint density at radius 1 is 0.679 bits per heavy atom. The lowest BCUT2D eigenvalue weighted by Crippen LogP contribution is -2.15. The van der Waals surface area contributed by atoms with E-state index in [1.54, 1.807) is 0 Å². The lowest BCUT2D eigenvalue weighted by atomic mass is 10.0. The van der Waals surface area contributed by atoms with Gasteiger partial charge in [0.15, 0.2) is 0 Å². The lowest BCUT2D eigenvalue weighted by molar-refractivity contribution is -0.116. The van der Waals surface area contributed by atoms with Crippen molar-refractivity contribution in [3.63, 3.8) is 0 Å². The Morgan fingerprint density at radius 3 is 1.50 bits per heavy atom. The number of aromatic nitrogens is 3. The van der Waals surface area contributed by atoms with Gasteiger partial charge in [-0.05, 0) is 6.42 Å².